The van der Waals surface area contributed by atoms with Gasteiger partial charge in [0.15, 0.2) is 5.11 Å². The Morgan fingerprint density at radius 3 is 1.91 bits per heavy atom. The van der Waals surface area contributed by atoms with E-state index in [4.69, 9.17) is 21.7 Å². The van der Waals surface area contributed by atoms with Crippen LogP contribution in [0.3, 0.4) is 0 Å². The van der Waals surface area contributed by atoms with Crippen LogP contribution in [0.5, 0.6) is 0 Å². The molecule has 5 nitrogen and oxygen atoms in total. The fourth-order valence-electron chi connectivity index (χ4n) is 3.44. The topological polar surface area (TPSA) is 59.6 Å². The van der Waals surface area contributed by atoms with E-state index in [0.717, 1.165) is 51.4 Å². The highest BCUT2D eigenvalue weighted by atomic mass is 32.1. The second kappa shape index (κ2) is 8.79. The Morgan fingerprint density at radius 2 is 1.41 bits per heavy atom. The van der Waals surface area contributed by atoms with Crippen LogP contribution >= 0.6 is 12.2 Å². The van der Waals surface area contributed by atoms with Gasteiger partial charge >= 0.3 is 0 Å². The summed E-state index contributed by atoms with van der Waals surface area (Å²) in [5, 5.41) is 6.61. The normalized spacial score (nSPS) is 32.3. The first kappa shape index (κ1) is 17.6. The summed E-state index contributed by atoms with van der Waals surface area (Å²) in [7, 11) is 3.50. The minimum absolute atomic E-state index is 0.0534. The first-order chi connectivity index (χ1) is 10.6. The first-order valence-electron chi connectivity index (χ1n) is 8.29. The summed E-state index contributed by atoms with van der Waals surface area (Å²) in [6, 6.07) is 0.350. The van der Waals surface area contributed by atoms with E-state index < -0.39 is 0 Å². The average molecular weight is 328 g/mol. The van der Waals surface area contributed by atoms with E-state index in [1.165, 1.54) is 0 Å². The molecule has 126 valence electrons. The Bertz CT molecular complexity index is 376. The molecule has 0 radical (unpaired) electrons. The zero-order valence-electron chi connectivity index (χ0n) is 13.6. The minimum atomic E-state index is 0.0534. The van der Waals surface area contributed by atoms with Crippen molar-refractivity contribution in [2.45, 2.75) is 69.6 Å². The summed E-state index contributed by atoms with van der Waals surface area (Å²) < 4.78 is 10.7. The summed E-state index contributed by atoms with van der Waals surface area (Å²) in [4.78, 5) is 12.2. The molecule has 2 saturated carbocycles. The molecule has 0 aliphatic heterocycles. The lowest BCUT2D eigenvalue weighted by atomic mass is 9.87. The molecule has 0 aromatic rings. The van der Waals surface area contributed by atoms with Crippen molar-refractivity contribution in [1.82, 2.24) is 10.6 Å². The van der Waals surface area contributed by atoms with E-state index in [1.54, 1.807) is 14.2 Å². The van der Waals surface area contributed by atoms with Crippen molar-refractivity contribution >= 4 is 23.2 Å². The largest absolute Gasteiger partial charge is 0.381 e. The van der Waals surface area contributed by atoms with E-state index in [9.17, 15) is 4.79 Å². The monoisotopic (exact) mass is 328 g/mol. The Hall–Kier alpha value is -0.720. The fraction of sp³-hybridized carbons (Fsp3) is 0.875. The molecule has 0 aromatic carbocycles. The van der Waals surface area contributed by atoms with E-state index in [2.05, 4.69) is 10.6 Å². The number of nitrogens with one attached hydrogen (secondary N) is 2. The predicted molar refractivity (Wildman–Crippen MR) is 89.7 cm³/mol. The van der Waals surface area contributed by atoms with Crippen molar-refractivity contribution in [2.24, 2.45) is 5.92 Å². The standard InChI is InChI=1S/C16H28N2O3S/c1-20-13-7-3-11(4-8-13)15(19)18-16(22)17-12-5-9-14(21-2)10-6-12/h11-14H,3-10H2,1-2H3,(H2,17,18,19,22). The molecule has 0 atom stereocenters. The highest BCUT2D eigenvalue weighted by Crippen LogP contribution is 2.26. The number of carbonyl (C=O) groups is 1. The van der Waals surface area contributed by atoms with E-state index >= 15 is 0 Å². The lowest BCUT2D eigenvalue weighted by Crippen LogP contribution is -2.48. The summed E-state index contributed by atoms with van der Waals surface area (Å²) in [6.45, 7) is 0. The van der Waals surface area contributed by atoms with Crippen LogP contribution in [0.25, 0.3) is 0 Å². The Morgan fingerprint density at radius 1 is 0.909 bits per heavy atom. The van der Waals surface area contributed by atoms with Gasteiger partial charge in [-0.2, -0.15) is 0 Å². The van der Waals surface area contributed by atoms with E-state index in [-0.39, 0.29) is 11.8 Å². The fourth-order valence-corrected chi connectivity index (χ4v) is 3.71. The summed E-state index contributed by atoms with van der Waals surface area (Å²) in [6.07, 6.45) is 8.52. The van der Waals surface area contributed by atoms with Gasteiger partial charge in [0, 0.05) is 26.2 Å². The molecule has 0 saturated heterocycles. The van der Waals surface area contributed by atoms with Gasteiger partial charge in [-0.05, 0) is 63.6 Å². The van der Waals surface area contributed by atoms with Crippen LogP contribution in [-0.4, -0.2) is 43.5 Å². The van der Waals surface area contributed by atoms with Crippen molar-refractivity contribution in [3.63, 3.8) is 0 Å². The number of methoxy groups -OCH3 is 2. The zero-order valence-corrected chi connectivity index (χ0v) is 14.4. The van der Waals surface area contributed by atoms with Gasteiger partial charge in [0.05, 0.1) is 12.2 Å². The number of hydrogen-bond donors (Lipinski definition) is 2. The SMILES string of the molecule is COC1CCC(NC(=S)NC(=O)C2CCC(OC)CC2)CC1. The molecule has 2 fully saturated rings. The third kappa shape index (κ3) is 5.18. The Balaban J connectivity index is 1.67. The molecule has 0 unspecified atom stereocenters. The van der Waals surface area contributed by atoms with Gasteiger partial charge in [0.25, 0.3) is 0 Å². The van der Waals surface area contributed by atoms with Crippen LogP contribution in [0.4, 0.5) is 0 Å². The smallest absolute Gasteiger partial charge is 0.229 e. The van der Waals surface area contributed by atoms with Crippen molar-refractivity contribution in [3.05, 3.63) is 0 Å². The maximum atomic E-state index is 12.2. The Kier molecular flexibility index (Phi) is 7.05. The van der Waals surface area contributed by atoms with Crippen molar-refractivity contribution < 1.29 is 14.3 Å². The molecule has 2 aliphatic carbocycles. The lowest BCUT2D eigenvalue weighted by Gasteiger charge is -2.30. The van der Waals surface area contributed by atoms with Gasteiger partial charge in [-0.3, -0.25) is 4.79 Å². The molecular weight excluding hydrogens is 300 g/mol. The Labute approximate surface area is 138 Å². The van der Waals surface area contributed by atoms with Crippen LogP contribution in [0.2, 0.25) is 0 Å². The minimum Gasteiger partial charge on any atom is -0.381 e. The van der Waals surface area contributed by atoms with Gasteiger partial charge in [-0.25, -0.2) is 0 Å². The highest BCUT2D eigenvalue weighted by molar-refractivity contribution is 7.80. The molecule has 2 rings (SSSR count). The zero-order chi connectivity index (χ0) is 15.9. The van der Waals surface area contributed by atoms with Crippen LogP contribution in [-0.2, 0) is 14.3 Å². The quantitative estimate of drug-likeness (QED) is 0.774. The van der Waals surface area contributed by atoms with Crippen molar-refractivity contribution in [3.8, 4) is 0 Å². The molecule has 2 N–H and O–H groups in total. The molecule has 0 bridgehead atoms. The molecule has 22 heavy (non-hydrogen) atoms. The van der Waals surface area contributed by atoms with Crippen LogP contribution in [0.1, 0.15) is 51.4 Å². The van der Waals surface area contributed by atoms with Crippen molar-refractivity contribution in [1.29, 1.82) is 0 Å². The summed E-state index contributed by atoms with van der Waals surface area (Å²) in [5.74, 6) is 0.119. The summed E-state index contributed by atoms with van der Waals surface area (Å²) in [5.41, 5.74) is 0. The lowest BCUT2D eigenvalue weighted by molar-refractivity contribution is -0.125. The van der Waals surface area contributed by atoms with Crippen LogP contribution in [0, 0.1) is 5.92 Å². The number of thiocarbonyl (C=S) groups is 1. The first-order valence-corrected chi connectivity index (χ1v) is 8.70. The summed E-state index contributed by atoms with van der Waals surface area (Å²) >= 11 is 5.29. The second-order valence-corrected chi connectivity index (χ2v) is 6.79. The van der Waals surface area contributed by atoms with Gasteiger partial charge in [-0.1, -0.05) is 0 Å². The number of ether oxygens (including phenoxy) is 2. The molecule has 0 spiro atoms. The van der Waals surface area contributed by atoms with Gasteiger partial charge in [-0.15, -0.1) is 0 Å². The molecule has 1 amide bonds. The third-order valence-electron chi connectivity index (χ3n) is 4.96. The highest BCUT2D eigenvalue weighted by Gasteiger charge is 2.27. The average Bonchev–Trinajstić information content (AvgIpc) is 2.55. The molecule has 0 aromatic heterocycles. The number of rotatable bonds is 4. The predicted octanol–water partition coefficient (Wildman–Crippen LogP) is 2.14. The van der Waals surface area contributed by atoms with Crippen LogP contribution < -0.4 is 10.6 Å². The van der Waals surface area contributed by atoms with Gasteiger partial charge in [0.2, 0.25) is 5.91 Å². The van der Waals surface area contributed by atoms with Crippen LogP contribution in [0.15, 0.2) is 0 Å². The van der Waals surface area contributed by atoms with E-state index in [1.807, 2.05) is 0 Å². The molecule has 2 aliphatic rings. The maximum Gasteiger partial charge on any atom is 0.229 e. The molecule has 6 heteroatoms. The third-order valence-corrected chi connectivity index (χ3v) is 5.18. The number of amides is 1. The number of hydrogen-bond acceptors (Lipinski definition) is 4. The van der Waals surface area contributed by atoms with E-state index in [0.29, 0.717) is 23.4 Å². The van der Waals surface area contributed by atoms with Crippen molar-refractivity contribution in [2.75, 3.05) is 14.2 Å². The molecule has 0 heterocycles. The molecular formula is C16H28N2O3S. The number of carbonyl (C=O) groups excluding carboxylic acids is 1. The van der Waals surface area contributed by atoms with Gasteiger partial charge < -0.3 is 20.1 Å². The maximum absolute atomic E-state index is 12.2. The second-order valence-electron chi connectivity index (χ2n) is 6.38. The van der Waals surface area contributed by atoms with Gasteiger partial charge in [0.1, 0.15) is 0 Å².